The first-order valence-electron chi connectivity index (χ1n) is 15.3. The number of hydrogen-bond donors (Lipinski definition) is 4. The van der Waals surface area contributed by atoms with Crippen LogP contribution in [0.25, 0.3) is 0 Å². The second kappa shape index (κ2) is 9.86. The summed E-state index contributed by atoms with van der Waals surface area (Å²) < 4.78 is 13.2. The molecule has 2 aromatic carbocycles. The molecule has 0 unspecified atom stereocenters. The van der Waals surface area contributed by atoms with E-state index in [9.17, 15) is 24.9 Å². The molecule has 0 radical (unpaired) electrons. The van der Waals surface area contributed by atoms with Gasteiger partial charge in [0.15, 0.2) is 23.5 Å². The predicted octanol–water partition coefficient (Wildman–Crippen LogP) is 4.17. The first-order valence-corrected chi connectivity index (χ1v) is 15.3. The Morgan fingerprint density at radius 1 is 1.12 bits per heavy atom. The summed E-state index contributed by atoms with van der Waals surface area (Å²) >= 11 is 0. The molecule has 1 heterocycles. The van der Waals surface area contributed by atoms with Crippen molar-refractivity contribution in [2.75, 3.05) is 12.3 Å². The molecular weight excluding hydrogens is 546 g/mol. The molecule has 0 aromatic heterocycles. The smallest absolute Gasteiger partial charge is 0.193 e. The van der Waals surface area contributed by atoms with E-state index in [0.29, 0.717) is 24.9 Å². The molecule has 3 saturated carbocycles. The van der Waals surface area contributed by atoms with Crippen LogP contribution in [-0.4, -0.2) is 51.3 Å². The van der Waals surface area contributed by atoms with Gasteiger partial charge in [0.25, 0.3) is 0 Å². The van der Waals surface area contributed by atoms with E-state index in [-0.39, 0.29) is 29.3 Å². The van der Waals surface area contributed by atoms with Crippen molar-refractivity contribution in [2.45, 2.75) is 70.1 Å². The number of nitrogens with two attached hydrogens (primary N) is 1. The van der Waals surface area contributed by atoms with E-state index in [4.69, 9.17) is 15.2 Å². The molecule has 8 nitrogen and oxygen atoms in total. The average molecular weight is 586 g/mol. The van der Waals surface area contributed by atoms with Crippen LogP contribution in [0.2, 0.25) is 0 Å². The number of benzene rings is 2. The monoisotopic (exact) mass is 585 g/mol. The third kappa shape index (κ3) is 4.03. The van der Waals surface area contributed by atoms with Crippen LogP contribution >= 0.6 is 0 Å². The molecule has 226 valence electrons. The number of aromatic hydroxyl groups is 1. The molecule has 4 aliphatic carbocycles. The van der Waals surface area contributed by atoms with Crippen LogP contribution in [0.4, 0.5) is 5.69 Å². The number of anilines is 1. The first-order chi connectivity index (χ1) is 20.5. The lowest BCUT2D eigenvalue weighted by Gasteiger charge is -2.59. The van der Waals surface area contributed by atoms with Crippen molar-refractivity contribution >= 4 is 17.3 Å². The summed E-state index contributed by atoms with van der Waals surface area (Å²) in [4.78, 5) is 25.9. The quantitative estimate of drug-likeness (QED) is 0.303. The Bertz CT molecular complexity index is 1550. The molecule has 8 heteroatoms. The predicted molar refractivity (Wildman–Crippen MR) is 159 cm³/mol. The fourth-order valence-corrected chi connectivity index (χ4v) is 9.58. The Balaban J connectivity index is 1.17. The molecule has 0 amide bonds. The maximum Gasteiger partial charge on any atom is 0.193 e. The Morgan fingerprint density at radius 3 is 2.58 bits per heavy atom. The molecule has 1 saturated heterocycles. The van der Waals surface area contributed by atoms with Gasteiger partial charge in [-0.2, -0.15) is 0 Å². The van der Waals surface area contributed by atoms with Gasteiger partial charge in [-0.05, 0) is 79.4 Å². The van der Waals surface area contributed by atoms with Crippen molar-refractivity contribution in [3.8, 4) is 5.75 Å². The standard InChI is InChI=1S/C35H39NO7/c1-33-12-11-23(38)15-22(33)8-9-24-25-16-30-35(29(41)18-37,34(25,2)17-28(40)31(24)33)43-32(42-30)21-6-3-19(4-7-21)13-20-5-10-27(39)26(36)14-20/h3-7,10-12,14-15,24-25,28,30-32,37,39-40H,8-9,13,16-18,36H2,1-2H3/t24-,25-,28-,30+,31+,32+,33-,34-,35+/m0/s1. The summed E-state index contributed by atoms with van der Waals surface area (Å²) in [6, 6.07) is 13.0. The van der Waals surface area contributed by atoms with Gasteiger partial charge in [-0.15, -0.1) is 0 Å². The molecule has 5 N–H and O–H groups in total. The van der Waals surface area contributed by atoms with Crippen LogP contribution in [0, 0.1) is 28.6 Å². The van der Waals surface area contributed by atoms with Crippen LogP contribution in [0.3, 0.4) is 0 Å². The van der Waals surface area contributed by atoms with Gasteiger partial charge in [0.1, 0.15) is 12.4 Å². The maximum atomic E-state index is 13.7. The molecule has 43 heavy (non-hydrogen) atoms. The van der Waals surface area contributed by atoms with Crippen molar-refractivity contribution in [1.82, 2.24) is 0 Å². The van der Waals surface area contributed by atoms with Gasteiger partial charge in [0, 0.05) is 22.3 Å². The van der Waals surface area contributed by atoms with Gasteiger partial charge in [-0.25, -0.2) is 0 Å². The topological polar surface area (TPSA) is 139 Å². The fraction of sp³-hybridized carbons (Fsp3) is 0.486. The number of rotatable bonds is 5. The Morgan fingerprint density at radius 2 is 1.86 bits per heavy atom. The number of phenolic OH excluding ortho intramolecular Hbond substituents is 1. The molecule has 4 fully saturated rings. The van der Waals surface area contributed by atoms with Gasteiger partial charge in [0.2, 0.25) is 0 Å². The number of nitrogen functional groups attached to an aromatic ring is 1. The van der Waals surface area contributed by atoms with Crippen LogP contribution in [0.1, 0.15) is 62.5 Å². The first kappa shape index (κ1) is 28.5. The lowest BCUT2D eigenvalue weighted by molar-refractivity contribution is -0.201. The summed E-state index contributed by atoms with van der Waals surface area (Å²) in [5, 5.41) is 31.7. The van der Waals surface area contributed by atoms with Gasteiger partial charge in [-0.1, -0.05) is 55.8 Å². The third-order valence-electron chi connectivity index (χ3n) is 11.5. The summed E-state index contributed by atoms with van der Waals surface area (Å²) in [5.74, 6) is -0.265. The van der Waals surface area contributed by atoms with E-state index in [0.717, 1.165) is 35.1 Å². The highest BCUT2D eigenvalue weighted by molar-refractivity contribution is 6.01. The summed E-state index contributed by atoms with van der Waals surface area (Å²) in [5.41, 5.74) is 7.53. The molecule has 5 aliphatic rings. The molecule has 1 aliphatic heterocycles. The molecule has 0 bridgehead atoms. The van der Waals surface area contributed by atoms with Crippen LogP contribution in [0.15, 0.2) is 66.3 Å². The largest absolute Gasteiger partial charge is 0.506 e. The highest BCUT2D eigenvalue weighted by atomic mass is 16.7. The molecule has 0 spiro atoms. The maximum absolute atomic E-state index is 13.7. The molecular formula is C35H39NO7. The van der Waals surface area contributed by atoms with Crippen molar-refractivity contribution in [3.63, 3.8) is 0 Å². The Labute approximate surface area is 251 Å². The minimum absolute atomic E-state index is 0.00474. The van der Waals surface area contributed by atoms with Crippen molar-refractivity contribution in [1.29, 1.82) is 0 Å². The van der Waals surface area contributed by atoms with E-state index >= 15 is 0 Å². The zero-order chi connectivity index (χ0) is 30.3. The minimum atomic E-state index is -1.37. The zero-order valence-electron chi connectivity index (χ0n) is 24.5. The highest BCUT2D eigenvalue weighted by Crippen LogP contribution is 2.70. The highest BCUT2D eigenvalue weighted by Gasteiger charge is 2.75. The fourth-order valence-electron chi connectivity index (χ4n) is 9.58. The van der Waals surface area contributed by atoms with Crippen molar-refractivity contribution < 1.29 is 34.4 Å². The number of ketones is 2. The second-order valence-corrected chi connectivity index (χ2v) is 13.7. The van der Waals surface area contributed by atoms with E-state index in [1.165, 1.54) is 0 Å². The van der Waals surface area contributed by atoms with Crippen LogP contribution in [0.5, 0.6) is 5.75 Å². The number of carbonyl (C=O) groups is 2. The third-order valence-corrected chi connectivity index (χ3v) is 11.5. The SMILES string of the molecule is C[C@]12C=CC(=O)C=C1CC[C@@H]1[C@@H]2[C@@H](O)C[C@@]2(C)[C@H]1C[C@H]1O[C@@H](c3ccc(Cc4ccc(O)c(N)c4)cc3)O[C@]12C(=O)CO. The van der Waals surface area contributed by atoms with E-state index in [1.54, 1.807) is 24.3 Å². The van der Waals surface area contributed by atoms with Gasteiger partial charge < -0.3 is 30.5 Å². The summed E-state index contributed by atoms with van der Waals surface area (Å²) in [7, 11) is 0. The lowest BCUT2D eigenvalue weighted by Crippen LogP contribution is -2.63. The van der Waals surface area contributed by atoms with E-state index in [2.05, 4.69) is 6.92 Å². The minimum Gasteiger partial charge on any atom is -0.506 e. The number of allylic oxidation sites excluding steroid dienone is 4. The van der Waals surface area contributed by atoms with E-state index in [1.807, 2.05) is 43.3 Å². The van der Waals surface area contributed by atoms with Crippen LogP contribution < -0.4 is 5.73 Å². The number of Topliss-reactive ketones (excluding diaryl/α,β-unsaturated/α-hetero) is 1. The Kier molecular flexibility index (Phi) is 6.53. The van der Waals surface area contributed by atoms with Gasteiger partial charge in [0.05, 0.1) is 17.9 Å². The normalized spacial score (nSPS) is 39.4. The summed E-state index contributed by atoms with van der Waals surface area (Å²) in [6.07, 6.45) is 6.45. The number of ether oxygens (including phenoxy) is 2. The average Bonchev–Trinajstić information content (AvgIpc) is 3.48. The number of phenols is 1. The molecule has 9 atom stereocenters. The number of aliphatic hydroxyl groups is 2. The van der Waals surface area contributed by atoms with Gasteiger partial charge >= 0.3 is 0 Å². The number of aliphatic hydroxyl groups excluding tert-OH is 2. The summed E-state index contributed by atoms with van der Waals surface area (Å²) in [6.45, 7) is 3.50. The number of fused-ring (bicyclic) bond motifs is 7. The zero-order valence-corrected chi connectivity index (χ0v) is 24.5. The Hall–Kier alpha value is -3.30. The number of hydrogen-bond acceptors (Lipinski definition) is 8. The molecule has 7 rings (SSSR count). The number of carbonyl (C=O) groups excluding carboxylic acids is 2. The van der Waals surface area contributed by atoms with E-state index < -0.39 is 47.3 Å². The molecule has 2 aromatic rings. The van der Waals surface area contributed by atoms with Crippen molar-refractivity contribution in [3.05, 3.63) is 83.0 Å². The lowest BCUT2D eigenvalue weighted by atomic mass is 9.46. The second-order valence-electron chi connectivity index (χ2n) is 13.7. The van der Waals surface area contributed by atoms with Gasteiger partial charge in [-0.3, -0.25) is 9.59 Å². The van der Waals surface area contributed by atoms with Crippen molar-refractivity contribution in [2.24, 2.45) is 28.6 Å². The van der Waals surface area contributed by atoms with Crippen LogP contribution in [-0.2, 0) is 25.5 Å².